The number of nitrogens with one attached hydrogen (secondary N) is 1. The maximum atomic E-state index is 12.4. The molecular weight excluding hydrogens is 466 g/mol. The van der Waals surface area contributed by atoms with E-state index in [9.17, 15) is 4.79 Å². The van der Waals surface area contributed by atoms with Gasteiger partial charge in [-0.1, -0.05) is 11.6 Å². The fourth-order valence-corrected chi connectivity index (χ4v) is 6.16. The van der Waals surface area contributed by atoms with Gasteiger partial charge >= 0.3 is 0 Å². The summed E-state index contributed by atoms with van der Waals surface area (Å²) in [4.78, 5) is 20.9. The monoisotopic (exact) mass is 489 g/mol. The summed E-state index contributed by atoms with van der Waals surface area (Å²) in [5.41, 5.74) is 4.54. The fraction of sp³-hybridized carbons (Fsp3) is 0.259. The van der Waals surface area contributed by atoms with Crippen LogP contribution in [0.3, 0.4) is 0 Å². The highest BCUT2D eigenvalue weighted by molar-refractivity contribution is 7.19. The number of rotatable bonds is 4. The molecule has 0 bridgehead atoms. The molecule has 0 unspecified atom stereocenters. The number of fused-ring (bicyclic) bond motifs is 2. The number of aromatic nitrogens is 3. The minimum Gasteiger partial charge on any atom is -0.490 e. The zero-order valence-corrected chi connectivity index (χ0v) is 20.6. The Morgan fingerprint density at radius 3 is 2.71 bits per heavy atom. The number of hydrogen-bond donors (Lipinski definition) is 1. The molecule has 1 saturated carbocycles. The second-order valence-electron chi connectivity index (χ2n) is 8.99. The van der Waals surface area contributed by atoms with Gasteiger partial charge in [0.15, 0.2) is 0 Å². The summed E-state index contributed by atoms with van der Waals surface area (Å²) in [6.45, 7) is 3.91. The molecule has 34 heavy (non-hydrogen) atoms. The predicted octanol–water partition coefficient (Wildman–Crippen LogP) is 7.19. The molecule has 0 atom stereocenters. The number of thiophene rings is 1. The van der Waals surface area contributed by atoms with Gasteiger partial charge in [-0.05, 0) is 88.1 Å². The Labute approximate surface area is 206 Å². The maximum Gasteiger partial charge on any atom is 0.258 e. The molecule has 0 saturated heterocycles. The number of aryl methyl sites for hydroxylation is 2. The summed E-state index contributed by atoms with van der Waals surface area (Å²) in [5.74, 6) is 1.42. The molecule has 6 rings (SSSR count). The van der Waals surface area contributed by atoms with Gasteiger partial charge in [0.25, 0.3) is 5.56 Å². The number of H-pyrrole nitrogens is 1. The highest BCUT2D eigenvalue weighted by atomic mass is 35.5. The number of halogens is 1. The van der Waals surface area contributed by atoms with Gasteiger partial charge in [-0.25, -0.2) is 4.98 Å². The first-order chi connectivity index (χ1) is 16.5. The van der Waals surface area contributed by atoms with Gasteiger partial charge in [-0.2, -0.15) is 0 Å². The molecule has 0 aliphatic heterocycles. The minimum atomic E-state index is -0.126. The van der Waals surface area contributed by atoms with Crippen LogP contribution in [0.5, 0.6) is 5.75 Å². The first kappa shape index (κ1) is 21.4. The van der Waals surface area contributed by atoms with Crippen molar-refractivity contribution in [1.29, 1.82) is 0 Å². The average Bonchev–Trinajstić information content (AvgIpc) is 3.49. The molecule has 2 aromatic carbocycles. The van der Waals surface area contributed by atoms with Crippen molar-refractivity contribution in [1.82, 2.24) is 14.5 Å². The highest BCUT2D eigenvalue weighted by Gasteiger charge is 2.20. The standard InChI is InChI=1S/C27H24ClN3O2S/c1-15-11-25-26(34-15)14-24(20-10-8-19(13-22(20)28)33-18-5-3-4-6-18)31(25)17-7-9-21-23(12-17)29-16(2)30-27(21)32/h7-14,18H,3-6H2,1-2H3,(H,29,30,32). The molecule has 1 fully saturated rings. The first-order valence-electron chi connectivity index (χ1n) is 11.6. The van der Waals surface area contributed by atoms with Crippen LogP contribution < -0.4 is 10.3 Å². The van der Waals surface area contributed by atoms with Crippen LogP contribution in [0.2, 0.25) is 5.02 Å². The van der Waals surface area contributed by atoms with Gasteiger partial charge in [0, 0.05) is 16.1 Å². The Bertz CT molecular complexity index is 1610. The number of ether oxygens (including phenoxy) is 1. The maximum absolute atomic E-state index is 12.4. The molecule has 1 aliphatic rings. The molecular formula is C27H24ClN3O2S. The third-order valence-corrected chi connectivity index (χ3v) is 7.80. The summed E-state index contributed by atoms with van der Waals surface area (Å²) in [5, 5.41) is 1.23. The van der Waals surface area contributed by atoms with E-state index in [-0.39, 0.29) is 11.7 Å². The predicted molar refractivity (Wildman–Crippen MR) is 140 cm³/mol. The average molecular weight is 490 g/mol. The summed E-state index contributed by atoms with van der Waals surface area (Å²) in [6, 6.07) is 16.1. The quantitative estimate of drug-likeness (QED) is 0.290. The van der Waals surface area contributed by atoms with Crippen molar-refractivity contribution in [2.24, 2.45) is 0 Å². The molecule has 5 nitrogen and oxygen atoms in total. The molecule has 0 radical (unpaired) electrons. The van der Waals surface area contributed by atoms with Crippen molar-refractivity contribution >= 4 is 44.1 Å². The molecule has 0 spiro atoms. The molecule has 3 heterocycles. The van der Waals surface area contributed by atoms with Crippen LogP contribution in [0.15, 0.2) is 53.3 Å². The molecule has 3 aromatic heterocycles. The number of nitrogens with zero attached hydrogens (tertiary/aromatic N) is 2. The molecule has 172 valence electrons. The lowest BCUT2D eigenvalue weighted by Crippen LogP contribution is -2.10. The Hall–Kier alpha value is -3.09. The van der Waals surface area contributed by atoms with E-state index in [0.29, 0.717) is 21.7 Å². The zero-order chi connectivity index (χ0) is 23.4. The SMILES string of the molecule is Cc1nc2cc(-n3c(-c4ccc(OC5CCCC5)cc4Cl)cc4sc(C)cc43)ccc2c(=O)[nH]1. The lowest BCUT2D eigenvalue weighted by Gasteiger charge is -2.16. The van der Waals surface area contributed by atoms with E-state index in [0.717, 1.165) is 41.1 Å². The van der Waals surface area contributed by atoms with E-state index < -0.39 is 0 Å². The number of hydrogen-bond acceptors (Lipinski definition) is 4. The van der Waals surface area contributed by atoms with E-state index >= 15 is 0 Å². The smallest absolute Gasteiger partial charge is 0.258 e. The van der Waals surface area contributed by atoms with E-state index in [1.165, 1.54) is 22.4 Å². The van der Waals surface area contributed by atoms with Crippen LogP contribution in [-0.4, -0.2) is 20.6 Å². The van der Waals surface area contributed by atoms with Crippen LogP contribution in [0.1, 0.15) is 36.4 Å². The first-order valence-corrected chi connectivity index (χ1v) is 12.8. The van der Waals surface area contributed by atoms with Gasteiger partial charge in [-0.3, -0.25) is 4.79 Å². The summed E-state index contributed by atoms with van der Waals surface area (Å²) in [6.07, 6.45) is 4.96. The van der Waals surface area contributed by atoms with Crippen LogP contribution in [0.4, 0.5) is 0 Å². The lowest BCUT2D eigenvalue weighted by atomic mass is 10.1. The second kappa shape index (κ2) is 8.29. The second-order valence-corrected chi connectivity index (χ2v) is 10.7. The Morgan fingerprint density at radius 1 is 1.09 bits per heavy atom. The summed E-state index contributed by atoms with van der Waals surface area (Å²) >= 11 is 8.58. The normalized spacial score (nSPS) is 14.4. The molecule has 5 aromatic rings. The third-order valence-electron chi connectivity index (χ3n) is 6.50. The Kier molecular flexibility index (Phi) is 5.23. The van der Waals surface area contributed by atoms with E-state index in [1.807, 2.05) is 36.4 Å². The van der Waals surface area contributed by atoms with Crippen molar-refractivity contribution in [3.8, 4) is 22.7 Å². The Balaban J connectivity index is 1.50. The van der Waals surface area contributed by atoms with Gasteiger partial charge in [0.1, 0.15) is 11.6 Å². The van der Waals surface area contributed by atoms with E-state index in [4.69, 9.17) is 16.3 Å². The largest absolute Gasteiger partial charge is 0.490 e. The molecule has 1 N–H and O–H groups in total. The fourth-order valence-electron chi connectivity index (χ4n) is 4.95. The topological polar surface area (TPSA) is 59.9 Å². The van der Waals surface area contributed by atoms with Gasteiger partial charge in [-0.15, -0.1) is 11.3 Å². The van der Waals surface area contributed by atoms with Crippen molar-refractivity contribution in [2.75, 3.05) is 0 Å². The van der Waals surface area contributed by atoms with Crippen LogP contribution in [0.25, 0.3) is 38.1 Å². The minimum absolute atomic E-state index is 0.126. The van der Waals surface area contributed by atoms with Crippen LogP contribution >= 0.6 is 22.9 Å². The van der Waals surface area contributed by atoms with E-state index in [2.05, 4.69) is 33.6 Å². The van der Waals surface area contributed by atoms with Crippen LogP contribution in [0, 0.1) is 13.8 Å². The number of aromatic amines is 1. The van der Waals surface area contributed by atoms with Crippen LogP contribution in [-0.2, 0) is 0 Å². The summed E-state index contributed by atoms with van der Waals surface area (Å²) in [7, 11) is 0. The van der Waals surface area contributed by atoms with Crippen molar-refractivity contribution in [3.63, 3.8) is 0 Å². The summed E-state index contributed by atoms with van der Waals surface area (Å²) < 4.78 is 9.55. The molecule has 7 heteroatoms. The number of benzene rings is 2. The molecule has 0 amide bonds. The molecule has 1 aliphatic carbocycles. The van der Waals surface area contributed by atoms with Gasteiger partial charge in [0.05, 0.1) is 37.9 Å². The zero-order valence-electron chi connectivity index (χ0n) is 19.0. The van der Waals surface area contributed by atoms with E-state index in [1.54, 1.807) is 18.3 Å². The van der Waals surface area contributed by atoms with Crippen molar-refractivity contribution in [2.45, 2.75) is 45.6 Å². The van der Waals surface area contributed by atoms with Crippen molar-refractivity contribution in [3.05, 3.63) is 74.6 Å². The Morgan fingerprint density at radius 2 is 1.91 bits per heavy atom. The lowest BCUT2D eigenvalue weighted by molar-refractivity contribution is 0.210. The van der Waals surface area contributed by atoms with Gasteiger partial charge < -0.3 is 14.3 Å². The third kappa shape index (κ3) is 3.71. The van der Waals surface area contributed by atoms with Gasteiger partial charge in [0.2, 0.25) is 0 Å². The highest BCUT2D eigenvalue weighted by Crippen LogP contribution is 2.40. The van der Waals surface area contributed by atoms with Crippen molar-refractivity contribution < 1.29 is 4.74 Å².